The highest BCUT2D eigenvalue weighted by Crippen LogP contribution is 2.53. The average molecular weight is 550 g/mol. The summed E-state index contributed by atoms with van der Waals surface area (Å²) in [6.45, 7) is 25.4. The quantitative estimate of drug-likeness (QED) is 0.310. The molecule has 2 aliphatic heterocycles. The maximum Gasteiger partial charge on any atom is 0.418 e. The van der Waals surface area contributed by atoms with E-state index in [1.165, 1.54) is 64.5 Å². The van der Waals surface area contributed by atoms with Crippen molar-refractivity contribution in [1.82, 2.24) is 15.3 Å². The molecule has 0 radical (unpaired) electrons. The van der Waals surface area contributed by atoms with E-state index in [4.69, 9.17) is 0 Å². The summed E-state index contributed by atoms with van der Waals surface area (Å²) in [5.41, 5.74) is 0.408. The number of hydrogen-bond donors (Lipinski definition) is 2. The van der Waals surface area contributed by atoms with Gasteiger partial charge in [0.15, 0.2) is 0 Å². The minimum atomic E-state index is -4.48. The van der Waals surface area contributed by atoms with Gasteiger partial charge >= 0.3 is 6.18 Å². The largest absolute Gasteiger partial charge is 0.418 e. The smallest absolute Gasteiger partial charge is 0.360 e. The second-order valence-corrected chi connectivity index (χ2v) is 9.83. The van der Waals surface area contributed by atoms with Crippen LogP contribution in [0.15, 0.2) is 42.4 Å². The van der Waals surface area contributed by atoms with E-state index in [2.05, 4.69) is 49.2 Å². The predicted molar refractivity (Wildman–Crippen MR) is 162 cm³/mol. The molecule has 3 rings (SSSR count). The topological polar surface area (TPSA) is 40.7 Å². The summed E-state index contributed by atoms with van der Waals surface area (Å²) in [7, 11) is 0. The summed E-state index contributed by atoms with van der Waals surface area (Å²) in [4.78, 5) is 7.05. The molecule has 1 unspecified atom stereocenters. The number of allylic oxidation sites excluding steroid dienone is 2. The number of aromatic nitrogens is 2. The lowest BCUT2D eigenvalue weighted by molar-refractivity contribution is -0.0876. The number of aromatic amines is 1. The normalized spacial score (nSPS) is 15.4. The minimum absolute atomic E-state index is 0.0596. The Kier molecular flexibility index (Phi) is 16.8. The zero-order chi connectivity index (χ0) is 30.2. The molecule has 1 atom stereocenters. The molecule has 0 aromatic carbocycles. The van der Waals surface area contributed by atoms with Crippen molar-refractivity contribution < 1.29 is 13.2 Å². The number of nitrogens with zero attached hydrogens (tertiary/aromatic N) is 1. The van der Waals surface area contributed by atoms with Crippen LogP contribution in [0.25, 0.3) is 12.3 Å². The van der Waals surface area contributed by atoms with E-state index in [1.807, 2.05) is 27.7 Å². The fraction of sp³-hybridized carbons (Fsp3) is 0.606. The number of alkyl halides is 3. The SMILES string of the molecule is C=C(C)NC(/C(=C\C)C(F)(F)F)=c1/cnc2c(=C)[nH]ccc1=2.CC.CC.CCCC(CC)CCC1(CC)CC1. The van der Waals surface area contributed by atoms with Crippen molar-refractivity contribution in [3.05, 3.63) is 63.5 Å². The molecule has 1 fully saturated rings. The van der Waals surface area contributed by atoms with Gasteiger partial charge in [-0.3, -0.25) is 4.98 Å². The number of halogens is 3. The van der Waals surface area contributed by atoms with Gasteiger partial charge in [0.2, 0.25) is 0 Å². The van der Waals surface area contributed by atoms with Crippen LogP contribution in [0, 0.1) is 21.9 Å². The maximum absolute atomic E-state index is 13.3. The molecule has 0 spiro atoms. The standard InChI is InChI=1S/C16H16F3N3.C13H26.2C2H6/c1-5-13(16(17,18)19)15(22-9(2)3)12-8-21-14-10(4)20-7-6-11(12)14;1-4-7-12(5-2)8-9-13(6-3)10-11-13;2*1-2/h5-8,20,22H,2,4H2,1,3H3;12H,4-11H2,1-3H3;2*1-2H3/b13-5+,15-12-;;;. The van der Waals surface area contributed by atoms with Crippen LogP contribution in [0.1, 0.15) is 114 Å². The molecule has 6 heteroatoms. The highest BCUT2D eigenvalue weighted by molar-refractivity contribution is 5.65. The summed E-state index contributed by atoms with van der Waals surface area (Å²) >= 11 is 0. The zero-order valence-corrected chi connectivity index (χ0v) is 26.0. The molecule has 1 aliphatic carbocycles. The van der Waals surface area contributed by atoms with E-state index < -0.39 is 11.7 Å². The zero-order valence-electron chi connectivity index (χ0n) is 26.0. The molecule has 3 nitrogen and oxygen atoms in total. The summed E-state index contributed by atoms with van der Waals surface area (Å²) in [5.74, 6) is 1.02. The Bertz CT molecular complexity index is 1170. The van der Waals surface area contributed by atoms with Crippen LogP contribution in [0.4, 0.5) is 13.2 Å². The molecule has 0 amide bonds. The summed E-state index contributed by atoms with van der Waals surface area (Å²) < 4.78 is 39.9. The molecule has 2 N–H and O–H groups in total. The number of H-pyrrole nitrogens is 1. The maximum atomic E-state index is 13.3. The van der Waals surface area contributed by atoms with Gasteiger partial charge in [0, 0.05) is 28.5 Å². The Balaban J connectivity index is 0.000000725. The molecule has 0 bridgehead atoms. The Hall–Kier alpha value is -2.50. The Morgan fingerprint density at radius 1 is 1.15 bits per heavy atom. The lowest BCUT2D eigenvalue weighted by Crippen LogP contribution is -2.27. The summed E-state index contributed by atoms with van der Waals surface area (Å²) in [5, 5.41) is 4.76. The van der Waals surface area contributed by atoms with Crippen LogP contribution < -0.4 is 15.9 Å². The first-order valence-electron chi connectivity index (χ1n) is 14.8. The van der Waals surface area contributed by atoms with Crippen LogP contribution >= 0.6 is 0 Å². The Morgan fingerprint density at radius 3 is 2.21 bits per heavy atom. The van der Waals surface area contributed by atoms with E-state index in [9.17, 15) is 13.2 Å². The van der Waals surface area contributed by atoms with E-state index in [1.54, 1.807) is 19.2 Å². The first-order valence-corrected chi connectivity index (χ1v) is 14.8. The van der Waals surface area contributed by atoms with Crippen molar-refractivity contribution in [3.8, 4) is 0 Å². The molecule has 222 valence electrons. The van der Waals surface area contributed by atoms with Crippen LogP contribution in [-0.2, 0) is 0 Å². The molecule has 3 aliphatic rings. The van der Waals surface area contributed by atoms with Crippen LogP contribution in [-0.4, -0.2) is 16.1 Å². The molecule has 0 aromatic heterocycles. The van der Waals surface area contributed by atoms with Crippen LogP contribution in [0.3, 0.4) is 0 Å². The molecular formula is C33H54F3N3. The third-order valence-corrected chi connectivity index (χ3v) is 7.20. The second kappa shape index (κ2) is 18.0. The third kappa shape index (κ3) is 11.3. The van der Waals surface area contributed by atoms with Crippen molar-refractivity contribution in [2.75, 3.05) is 0 Å². The number of rotatable bonds is 10. The van der Waals surface area contributed by atoms with Crippen molar-refractivity contribution in [3.63, 3.8) is 0 Å². The van der Waals surface area contributed by atoms with E-state index in [-0.39, 0.29) is 5.70 Å². The molecule has 39 heavy (non-hydrogen) atoms. The first-order chi connectivity index (χ1) is 18.5. The Morgan fingerprint density at radius 2 is 1.77 bits per heavy atom. The van der Waals surface area contributed by atoms with Gasteiger partial charge in [0.1, 0.15) is 0 Å². The molecule has 0 saturated heterocycles. The van der Waals surface area contributed by atoms with E-state index in [0.29, 0.717) is 26.8 Å². The lowest BCUT2D eigenvalue weighted by atomic mass is 9.88. The van der Waals surface area contributed by atoms with Gasteiger partial charge in [-0.05, 0) is 56.9 Å². The predicted octanol–water partition coefficient (Wildman–Crippen LogP) is 9.12. The highest BCUT2D eigenvalue weighted by Gasteiger charge is 2.40. The monoisotopic (exact) mass is 549 g/mol. The van der Waals surface area contributed by atoms with Gasteiger partial charge in [-0.1, -0.05) is 93.4 Å². The Labute approximate surface area is 235 Å². The number of hydrogen-bond acceptors (Lipinski definition) is 2. The van der Waals surface area contributed by atoms with Crippen LogP contribution in [0.5, 0.6) is 0 Å². The lowest BCUT2D eigenvalue weighted by Gasteiger charge is -2.18. The molecule has 2 heterocycles. The summed E-state index contributed by atoms with van der Waals surface area (Å²) in [6, 6.07) is 1.68. The van der Waals surface area contributed by atoms with Crippen molar-refractivity contribution in [1.29, 1.82) is 0 Å². The fourth-order valence-corrected chi connectivity index (χ4v) is 4.67. The van der Waals surface area contributed by atoms with Crippen molar-refractivity contribution in [2.24, 2.45) is 11.3 Å². The number of nitrogens with one attached hydrogen (secondary N) is 2. The molecule has 0 aromatic rings. The minimum Gasteiger partial charge on any atom is -0.360 e. The van der Waals surface area contributed by atoms with Gasteiger partial charge < -0.3 is 10.3 Å². The third-order valence-electron chi connectivity index (χ3n) is 7.20. The molecule has 1 saturated carbocycles. The van der Waals surface area contributed by atoms with Gasteiger partial charge in [-0.15, -0.1) is 0 Å². The van der Waals surface area contributed by atoms with Gasteiger partial charge in [0.05, 0.1) is 22.0 Å². The van der Waals surface area contributed by atoms with Gasteiger partial charge in [0.25, 0.3) is 0 Å². The van der Waals surface area contributed by atoms with Crippen LogP contribution in [0.2, 0.25) is 0 Å². The molecular weight excluding hydrogens is 495 g/mol. The summed E-state index contributed by atoms with van der Waals surface area (Å²) in [6.07, 6.45) is 11.3. The van der Waals surface area contributed by atoms with Gasteiger partial charge in [-0.2, -0.15) is 13.2 Å². The van der Waals surface area contributed by atoms with Crippen molar-refractivity contribution >= 4 is 12.3 Å². The van der Waals surface area contributed by atoms with E-state index >= 15 is 0 Å². The highest BCUT2D eigenvalue weighted by atomic mass is 19.4. The average Bonchev–Trinajstić information content (AvgIpc) is 3.57. The van der Waals surface area contributed by atoms with E-state index in [0.717, 1.165) is 17.4 Å². The second-order valence-electron chi connectivity index (χ2n) is 9.83. The van der Waals surface area contributed by atoms with Crippen molar-refractivity contribution in [2.45, 2.75) is 120 Å². The fourth-order valence-electron chi connectivity index (χ4n) is 4.67. The van der Waals surface area contributed by atoms with Gasteiger partial charge in [-0.25, -0.2) is 0 Å². The first kappa shape index (κ1) is 36.5.